The van der Waals surface area contributed by atoms with Crippen LogP contribution in [0.3, 0.4) is 0 Å². The molecule has 0 spiro atoms. The summed E-state index contributed by atoms with van der Waals surface area (Å²) in [5, 5.41) is 0.0713. The van der Waals surface area contributed by atoms with Gasteiger partial charge in [-0.15, -0.1) is 0 Å². The van der Waals surface area contributed by atoms with Crippen molar-refractivity contribution < 1.29 is 13.2 Å². The molecule has 29 heavy (non-hydrogen) atoms. The average Bonchev–Trinajstić information content (AvgIpc) is 3.12. The number of benzene rings is 2. The number of amides is 1. The summed E-state index contributed by atoms with van der Waals surface area (Å²) in [5.74, 6) is 0.0576. The molecule has 0 aliphatic carbocycles. The van der Waals surface area contributed by atoms with E-state index in [1.165, 1.54) is 18.2 Å². The molecular weight excluding hydrogens is 396 g/mol. The highest BCUT2D eigenvalue weighted by molar-refractivity contribution is 7.89. The number of anilines is 1. The van der Waals surface area contributed by atoms with Crippen LogP contribution in [0, 0.1) is 0 Å². The topological polar surface area (TPSA) is 132 Å². The lowest BCUT2D eigenvalue weighted by atomic mass is 10.2. The number of hydrogen-bond donors (Lipinski definition) is 3. The number of carbonyl (C=O) groups excluding carboxylic acids is 1. The van der Waals surface area contributed by atoms with Crippen LogP contribution in [-0.4, -0.2) is 30.8 Å². The largest absolute Gasteiger partial charge is 0.326 e. The Balaban J connectivity index is 1.57. The second kappa shape index (κ2) is 7.30. The van der Waals surface area contributed by atoms with E-state index in [0.29, 0.717) is 18.5 Å². The minimum atomic E-state index is -3.89. The first-order valence-electron chi connectivity index (χ1n) is 8.99. The van der Waals surface area contributed by atoms with Crippen molar-refractivity contribution in [1.29, 1.82) is 0 Å². The zero-order valence-corrected chi connectivity index (χ0v) is 16.1. The maximum absolute atomic E-state index is 12.7. The molecule has 3 N–H and O–H groups in total. The fraction of sp³-hybridized carbons (Fsp3) is 0.211. The number of fused-ring (bicyclic) bond motifs is 1. The van der Waals surface area contributed by atoms with Gasteiger partial charge in [0.25, 0.3) is 5.56 Å². The first-order chi connectivity index (χ1) is 13.8. The van der Waals surface area contributed by atoms with Crippen LogP contribution >= 0.6 is 0 Å². The third kappa shape index (κ3) is 3.84. The summed E-state index contributed by atoms with van der Waals surface area (Å²) in [6, 6.07) is 11.0. The number of sulfonamides is 1. The Morgan fingerprint density at radius 2 is 1.86 bits per heavy atom. The van der Waals surface area contributed by atoms with Crippen LogP contribution in [0.4, 0.5) is 5.69 Å². The maximum Gasteiger partial charge on any atom is 0.326 e. The molecule has 0 atom stereocenters. The van der Waals surface area contributed by atoms with Gasteiger partial charge in [0.05, 0.1) is 15.8 Å². The van der Waals surface area contributed by atoms with Crippen LogP contribution < -0.4 is 20.9 Å². The molecule has 0 unspecified atom stereocenters. The Kier molecular flexibility index (Phi) is 4.81. The Morgan fingerprint density at radius 3 is 2.62 bits per heavy atom. The van der Waals surface area contributed by atoms with E-state index in [4.69, 9.17) is 0 Å². The van der Waals surface area contributed by atoms with Gasteiger partial charge in [-0.05, 0) is 42.3 Å². The smallest absolute Gasteiger partial charge is 0.312 e. The van der Waals surface area contributed by atoms with Crippen molar-refractivity contribution in [3.63, 3.8) is 0 Å². The molecule has 9 nitrogen and oxygen atoms in total. The van der Waals surface area contributed by atoms with E-state index in [-0.39, 0.29) is 28.3 Å². The van der Waals surface area contributed by atoms with Gasteiger partial charge in [0, 0.05) is 25.2 Å². The van der Waals surface area contributed by atoms with Crippen molar-refractivity contribution in [2.45, 2.75) is 24.3 Å². The summed E-state index contributed by atoms with van der Waals surface area (Å²) in [5.41, 5.74) is 0.371. The fourth-order valence-electron chi connectivity index (χ4n) is 3.33. The molecule has 1 amide bonds. The maximum atomic E-state index is 12.7. The minimum absolute atomic E-state index is 0.0260. The van der Waals surface area contributed by atoms with Gasteiger partial charge in [0.2, 0.25) is 15.9 Å². The van der Waals surface area contributed by atoms with Crippen LogP contribution in [-0.2, 0) is 21.4 Å². The molecule has 1 aromatic heterocycles. The van der Waals surface area contributed by atoms with Crippen LogP contribution in [0.5, 0.6) is 0 Å². The van der Waals surface area contributed by atoms with Gasteiger partial charge in [-0.1, -0.05) is 12.1 Å². The highest BCUT2D eigenvalue weighted by Crippen LogP contribution is 2.22. The molecule has 0 bridgehead atoms. The molecule has 4 rings (SSSR count). The van der Waals surface area contributed by atoms with E-state index in [2.05, 4.69) is 14.7 Å². The SMILES string of the molecule is O=C1CCCN1c1cccc(CNS(=O)(=O)c2ccc3[nH]c(=O)[nH]c(=O)c3c2)c1. The van der Waals surface area contributed by atoms with Gasteiger partial charge in [-0.3, -0.25) is 14.6 Å². The second-order valence-corrected chi connectivity index (χ2v) is 8.53. The molecule has 0 saturated carbocycles. The number of carbonyl (C=O) groups is 1. The van der Waals surface area contributed by atoms with E-state index in [1.54, 1.807) is 23.1 Å². The molecule has 1 aliphatic heterocycles. The van der Waals surface area contributed by atoms with E-state index < -0.39 is 21.3 Å². The highest BCUT2D eigenvalue weighted by atomic mass is 32.2. The Hall–Kier alpha value is -3.24. The number of aromatic amines is 2. The summed E-state index contributed by atoms with van der Waals surface area (Å²) in [6.45, 7) is 0.681. The number of nitrogens with one attached hydrogen (secondary N) is 3. The predicted molar refractivity (Wildman–Crippen MR) is 107 cm³/mol. The average molecular weight is 414 g/mol. The molecular formula is C19H18N4O5S. The summed E-state index contributed by atoms with van der Waals surface area (Å²) in [6.07, 6.45) is 1.32. The normalized spacial score (nSPS) is 14.6. The Bertz CT molecular complexity index is 1330. The van der Waals surface area contributed by atoms with Crippen LogP contribution in [0.25, 0.3) is 10.9 Å². The lowest BCUT2D eigenvalue weighted by Gasteiger charge is -2.16. The molecule has 0 radical (unpaired) electrons. The molecule has 1 saturated heterocycles. The molecule has 2 aromatic carbocycles. The zero-order valence-electron chi connectivity index (χ0n) is 15.3. The highest BCUT2D eigenvalue weighted by Gasteiger charge is 2.22. The second-order valence-electron chi connectivity index (χ2n) is 6.76. The van der Waals surface area contributed by atoms with Crippen LogP contribution in [0.2, 0.25) is 0 Å². The van der Waals surface area contributed by atoms with E-state index >= 15 is 0 Å². The molecule has 1 fully saturated rings. The first kappa shape index (κ1) is 19.1. The van der Waals surface area contributed by atoms with Gasteiger partial charge in [0.15, 0.2) is 0 Å². The van der Waals surface area contributed by atoms with Crippen molar-refractivity contribution in [2.24, 2.45) is 0 Å². The number of H-pyrrole nitrogens is 2. The number of nitrogens with zero attached hydrogens (tertiary/aromatic N) is 1. The molecule has 10 heteroatoms. The van der Waals surface area contributed by atoms with Crippen molar-refractivity contribution >= 4 is 32.5 Å². The third-order valence-electron chi connectivity index (χ3n) is 4.78. The number of rotatable bonds is 5. The van der Waals surface area contributed by atoms with Crippen molar-refractivity contribution in [3.05, 3.63) is 68.9 Å². The first-order valence-corrected chi connectivity index (χ1v) is 10.5. The summed E-state index contributed by atoms with van der Waals surface area (Å²) in [7, 11) is -3.89. The van der Waals surface area contributed by atoms with Crippen molar-refractivity contribution in [1.82, 2.24) is 14.7 Å². The summed E-state index contributed by atoms with van der Waals surface area (Å²) >= 11 is 0. The van der Waals surface area contributed by atoms with Gasteiger partial charge in [-0.2, -0.15) is 0 Å². The molecule has 150 valence electrons. The van der Waals surface area contributed by atoms with E-state index in [0.717, 1.165) is 12.1 Å². The number of hydrogen-bond acceptors (Lipinski definition) is 5. The Morgan fingerprint density at radius 1 is 1.03 bits per heavy atom. The molecule has 2 heterocycles. The zero-order chi connectivity index (χ0) is 20.6. The third-order valence-corrected chi connectivity index (χ3v) is 6.18. The quantitative estimate of drug-likeness (QED) is 0.569. The lowest BCUT2D eigenvalue weighted by Crippen LogP contribution is -2.26. The minimum Gasteiger partial charge on any atom is -0.312 e. The summed E-state index contributed by atoms with van der Waals surface area (Å²) < 4.78 is 27.8. The van der Waals surface area contributed by atoms with E-state index in [1.807, 2.05) is 6.07 Å². The van der Waals surface area contributed by atoms with Crippen LogP contribution in [0.1, 0.15) is 18.4 Å². The Labute approximate surface area is 165 Å². The molecule has 1 aliphatic rings. The van der Waals surface area contributed by atoms with Crippen molar-refractivity contribution in [2.75, 3.05) is 11.4 Å². The van der Waals surface area contributed by atoms with Crippen LogP contribution in [0.15, 0.2) is 56.9 Å². The summed E-state index contributed by atoms with van der Waals surface area (Å²) in [4.78, 5) is 41.3. The van der Waals surface area contributed by atoms with Crippen molar-refractivity contribution in [3.8, 4) is 0 Å². The standard InChI is InChI=1S/C19H18N4O5S/c24-17-5-2-8-23(17)13-4-1-3-12(9-13)11-20-29(27,28)14-6-7-16-15(10-14)18(25)22-19(26)21-16/h1,3-4,6-7,9-10,20H,2,5,8,11H2,(H2,21,22,25,26). The van der Waals surface area contributed by atoms with Gasteiger partial charge < -0.3 is 9.88 Å². The molecule has 3 aromatic rings. The van der Waals surface area contributed by atoms with Gasteiger partial charge in [-0.25, -0.2) is 17.9 Å². The number of aromatic nitrogens is 2. The predicted octanol–water partition coefficient (Wildman–Crippen LogP) is 0.822. The lowest BCUT2D eigenvalue weighted by molar-refractivity contribution is -0.117. The van der Waals surface area contributed by atoms with Gasteiger partial charge in [0.1, 0.15) is 0 Å². The van der Waals surface area contributed by atoms with Gasteiger partial charge >= 0.3 is 5.69 Å². The van der Waals surface area contributed by atoms with E-state index in [9.17, 15) is 22.8 Å². The monoisotopic (exact) mass is 414 g/mol. The fourth-order valence-corrected chi connectivity index (χ4v) is 4.37.